The predicted octanol–water partition coefficient (Wildman–Crippen LogP) is 3.82. The number of hydrogen-bond donors (Lipinski definition) is 0. The second kappa shape index (κ2) is 6.91. The van der Waals surface area contributed by atoms with E-state index >= 15 is 0 Å². The number of hydrogen-bond acceptors (Lipinski definition) is 4. The van der Waals surface area contributed by atoms with Gasteiger partial charge in [-0.3, -0.25) is 10.1 Å². The van der Waals surface area contributed by atoms with Crippen LogP contribution in [0.15, 0.2) is 53.0 Å². The maximum atomic E-state index is 10.9. The Labute approximate surface area is 124 Å². The van der Waals surface area contributed by atoms with Crippen LogP contribution in [-0.4, -0.2) is 18.1 Å². The molecule has 0 saturated carbocycles. The van der Waals surface area contributed by atoms with Gasteiger partial charge in [-0.2, -0.15) is 0 Å². The third-order valence-corrected chi connectivity index (χ3v) is 2.96. The summed E-state index contributed by atoms with van der Waals surface area (Å²) >= 11 is 3.26. The highest BCUT2D eigenvalue weighted by atomic mass is 79.9. The zero-order valence-electron chi connectivity index (χ0n) is 10.5. The highest BCUT2D eigenvalue weighted by molar-refractivity contribution is 9.10. The average Bonchev–Trinajstić information content (AvgIpc) is 2.44. The third kappa shape index (κ3) is 3.96. The molecule has 20 heavy (non-hydrogen) atoms. The van der Waals surface area contributed by atoms with Gasteiger partial charge in [0, 0.05) is 16.6 Å². The molecule has 0 radical (unpaired) electrons. The molecule has 0 saturated heterocycles. The highest BCUT2D eigenvalue weighted by Crippen LogP contribution is 2.29. The van der Waals surface area contributed by atoms with Crippen molar-refractivity contribution in [2.75, 3.05) is 13.2 Å². The van der Waals surface area contributed by atoms with Gasteiger partial charge in [0.15, 0.2) is 5.75 Å². The Hall–Kier alpha value is -2.08. The van der Waals surface area contributed by atoms with Crippen LogP contribution < -0.4 is 9.47 Å². The summed E-state index contributed by atoms with van der Waals surface area (Å²) in [7, 11) is 0. The molecule has 0 N–H and O–H groups in total. The molecule has 0 aliphatic carbocycles. The minimum absolute atomic E-state index is 0.0621. The summed E-state index contributed by atoms with van der Waals surface area (Å²) in [6, 6.07) is 13.9. The summed E-state index contributed by atoms with van der Waals surface area (Å²) in [6.45, 7) is 0.542. The summed E-state index contributed by atoms with van der Waals surface area (Å²) < 4.78 is 11.6. The van der Waals surface area contributed by atoms with Crippen molar-refractivity contribution in [3.05, 3.63) is 63.1 Å². The Kier molecular flexibility index (Phi) is 4.95. The molecule has 6 heteroatoms. The minimum Gasteiger partial charge on any atom is -0.490 e. The molecule has 0 aromatic heterocycles. The molecule has 0 unspecified atom stereocenters. The molecule has 0 atom stereocenters. The quantitative estimate of drug-likeness (QED) is 0.456. The van der Waals surface area contributed by atoms with E-state index in [1.165, 1.54) is 6.07 Å². The zero-order valence-corrected chi connectivity index (χ0v) is 12.1. The van der Waals surface area contributed by atoms with Crippen molar-refractivity contribution in [2.45, 2.75) is 0 Å². The van der Waals surface area contributed by atoms with E-state index in [4.69, 9.17) is 9.47 Å². The van der Waals surface area contributed by atoms with Crippen LogP contribution in [0.3, 0.4) is 0 Å². The lowest BCUT2D eigenvalue weighted by molar-refractivity contribution is -0.385. The van der Waals surface area contributed by atoms with Crippen molar-refractivity contribution in [2.24, 2.45) is 0 Å². The Bertz CT molecular complexity index is 589. The number of benzene rings is 2. The van der Waals surface area contributed by atoms with Crippen molar-refractivity contribution in [3.63, 3.8) is 0 Å². The summed E-state index contributed by atoms with van der Waals surface area (Å²) in [6.07, 6.45) is 0. The Morgan fingerprint density at radius 1 is 1.05 bits per heavy atom. The van der Waals surface area contributed by atoms with Crippen LogP contribution in [-0.2, 0) is 0 Å². The van der Waals surface area contributed by atoms with Crippen molar-refractivity contribution >= 4 is 21.6 Å². The van der Waals surface area contributed by atoms with Crippen molar-refractivity contribution in [1.82, 2.24) is 0 Å². The van der Waals surface area contributed by atoms with Gasteiger partial charge in [0.1, 0.15) is 19.0 Å². The molecule has 0 bridgehead atoms. The summed E-state index contributed by atoms with van der Waals surface area (Å²) in [5.74, 6) is 0.959. The van der Waals surface area contributed by atoms with Crippen LogP contribution in [0.25, 0.3) is 0 Å². The number of nitrogens with zero attached hydrogens (tertiary/aromatic N) is 1. The molecule has 0 spiro atoms. The van der Waals surface area contributed by atoms with Crippen LogP contribution >= 0.6 is 15.9 Å². The highest BCUT2D eigenvalue weighted by Gasteiger charge is 2.14. The first kappa shape index (κ1) is 14.3. The van der Waals surface area contributed by atoms with Crippen LogP contribution in [0.1, 0.15) is 0 Å². The topological polar surface area (TPSA) is 61.6 Å². The van der Waals surface area contributed by atoms with E-state index < -0.39 is 4.92 Å². The van der Waals surface area contributed by atoms with Gasteiger partial charge in [-0.1, -0.05) is 34.1 Å². The minimum atomic E-state index is -0.472. The fourth-order valence-electron chi connectivity index (χ4n) is 1.58. The lowest BCUT2D eigenvalue weighted by Crippen LogP contribution is -2.09. The second-order valence-corrected chi connectivity index (χ2v) is 4.79. The molecule has 0 amide bonds. The van der Waals surface area contributed by atoms with Gasteiger partial charge < -0.3 is 9.47 Å². The summed E-state index contributed by atoms with van der Waals surface area (Å²) in [4.78, 5) is 10.4. The van der Waals surface area contributed by atoms with E-state index in [1.807, 2.05) is 30.3 Å². The van der Waals surface area contributed by atoms with Crippen LogP contribution in [0.2, 0.25) is 0 Å². The fourth-order valence-corrected chi connectivity index (χ4v) is 1.92. The van der Waals surface area contributed by atoms with Gasteiger partial charge in [0.05, 0.1) is 4.92 Å². The number of para-hydroxylation sites is 1. The molecular formula is C14H12BrNO4. The van der Waals surface area contributed by atoms with E-state index in [-0.39, 0.29) is 18.0 Å². The first-order valence-electron chi connectivity index (χ1n) is 5.91. The first-order valence-corrected chi connectivity index (χ1v) is 6.71. The van der Waals surface area contributed by atoms with E-state index in [9.17, 15) is 10.1 Å². The van der Waals surface area contributed by atoms with Crippen molar-refractivity contribution in [3.8, 4) is 11.5 Å². The number of halogens is 1. The maximum absolute atomic E-state index is 10.9. The van der Waals surface area contributed by atoms with E-state index in [0.717, 1.165) is 10.2 Å². The fraction of sp³-hybridized carbons (Fsp3) is 0.143. The molecule has 0 heterocycles. The largest absolute Gasteiger partial charge is 0.490 e. The first-order chi connectivity index (χ1) is 9.66. The van der Waals surface area contributed by atoms with E-state index in [0.29, 0.717) is 6.61 Å². The standard InChI is InChI=1S/C14H12BrNO4/c15-11-6-7-13(16(17)18)14(10-11)20-9-8-19-12-4-2-1-3-5-12/h1-7,10H,8-9H2. The summed E-state index contributed by atoms with van der Waals surface area (Å²) in [5.41, 5.74) is -0.0621. The van der Waals surface area contributed by atoms with Gasteiger partial charge in [-0.15, -0.1) is 0 Å². The molecular weight excluding hydrogens is 326 g/mol. The SMILES string of the molecule is O=[N+]([O-])c1ccc(Br)cc1OCCOc1ccccc1. The number of nitro groups is 1. The average molecular weight is 338 g/mol. The van der Waals surface area contributed by atoms with Crippen molar-refractivity contribution in [1.29, 1.82) is 0 Å². The monoisotopic (exact) mass is 337 g/mol. The maximum Gasteiger partial charge on any atom is 0.310 e. The van der Waals surface area contributed by atoms with Gasteiger partial charge in [0.25, 0.3) is 0 Å². The Morgan fingerprint density at radius 2 is 1.75 bits per heavy atom. The number of nitro benzene ring substituents is 1. The van der Waals surface area contributed by atoms with Gasteiger partial charge >= 0.3 is 5.69 Å². The van der Waals surface area contributed by atoms with Gasteiger partial charge in [0.2, 0.25) is 0 Å². The van der Waals surface area contributed by atoms with Crippen LogP contribution in [0, 0.1) is 10.1 Å². The molecule has 2 aromatic carbocycles. The van der Waals surface area contributed by atoms with E-state index in [2.05, 4.69) is 15.9 Å². The van der Waals surface area contributed by atoms with E-state index in [1.54, 1.807) is 12.1 Å². The van der Waals surface area contributed by atoms with Crippen molar-refractivity contribution < 1.29 is 14.4 Å². The Morgan fingerprint density at radius 3 is 2.45 bits per heavy atom. The number of ether oxygens (including phenoxy) is 2. The van der Waals surface area contributed by atoms with Crippen LogP contribution in [0.5, 0.6) is 11.5 Å². The molecule has 2 aromatic rings. The molecule has 104 valence electrons. The Balaban J connectivity index is 1.91. The van der Waals surface area contributed by atoms with Gasteiger partial charge in [-0.25, -0.2) is 0 Å². The lowest BCUT2D eigenvalue weighted by Gasteiger charge is -2.08. The molecule has 5 nitrogen and oxygen atoms in total. The summed E-state index contributed by atoms with van der Waals surface area (Å²) in [5, 5.41) is 10.9. The third-order valence-electron chi connectivity index (χ3n) is 2.47. The second-order valence-electron chi connectivity index (χ2n) is 3.88. The molecule has 2 rings (SSSR count). The van der Waals surface area contributed by atoms with Crippen LogP contribution in [0.4, 0.5) is 5.69 Å². The normalized spacial score (nSPS) is 10.1. The predicted molar refractivity (Wildman–Crippen MR) is 78.2 cm³/mol. The number of rotatable bonds is 6. The zero-order chi connectivity index (χ0) is 14.4. The molecule has 0 aliphatic heterocycles. The molecule has 0 aliphatic rings. The lowest BCUT2D eigenvalue weighted by atomic mass is 10.3. The smallest absolute Gasteiger partial charge is 0.310 e. The molecule has 0 fully saturated rings. The van der Waals surface area contributed by atoms with Gasteiger partial charge in [-0.05, 0) is 18.2 Å².